The van der Waals surface area contributed by atoms with Gasteiger partial charge < -0.3 is 14.7 Å². The number of aromatic nitrogens is 4. The molecule has 0 aliphatic carbocycles. The summed E-state index contributed by atoms with van der Waals surface area (Å²) in [5.74, 6) is -3.35. The average molecular weight is 643 g/mol. The Labute approximate surface area is 267 Å². The van der Waals surface area contributed by atoms with E-state index in [1.54, 1.807) is 55.5 Å². The standard InChI is InChI=1S/C33H28F2N6O4S/c1-21-30(46-31(39-21)25-10-8-23(15-36)9-11-25)32(43)41(16-29(42)45-17-24-6-4-3-5-7-24)22(2)33(44,18-40-20-37-19-38-40)27-13-12-26(34)14-28(27)35/h3-14,19-20,22,44H,16-18H2,1-2H3. The highest BCUT2D eigenvalue weighted by molar-refractivity contribution is 7.17. The lowest BCUT2D eigenvalue weighted by atomic mass is 9.85. The molecule has 3 aromatic carbocycles. The highest BCUT2D eigenvalue weighted by Gasteiger charge is 2.45. The Hall–Kier alpha value is -5.32. The van der Waals surface area contributed by atoms with Crippen LogP contribution in [0, 0.1) is 29.9 Å². The van der Waals surface area contributed by atoms with Gasteiger partial charge in [-0.3, -0.25) is 9.59 Å². The quantitative estimate of drug-likeness (QED) is 0.199. The average Bonchev–Trinajstić information content (AvgIpc) is 3.71. The van der Waals surface area contributed by atoms with Gasteiger partial charge >= 0.3 is 5.97 Å². The van der Waals surface area contributed by atoms with Crippen LogP contribution in [-0.4, -0.2) is 54.2 Å². The van der Waals surface area contributed by atoms with Crippen LogP contribution >= 0.6 is 11.3 Å². The number of benzene rings is 3. The first-order valence-electron chi connectivity index (χ1n) is 14.1. The van der Waals surface area contributed by atoms with Crippen LogP contribution in [0.4, 0.5) is 8.78 Å². The van der Waals surface area contributed by atoms with Crippen LogP contribution in [0.25, 0.3) is 10.6 Å². The molecule has 2 atom stereocenters. The topological polar surface area (TPSA) is 134 Å². The molecule has 5 aromatic rings. The van der Waals surface area contributed by atoms with Crippen LogP contribution in [0.5, 0.6) is 0 Å². The number of nitriles is 1. The molecule has 0 aliphatic rings. The van der Waals surface area contributed by atoms with Crippen molar-refractivity contribution in [3.05, 3.63) is 124 Å². The third-order valence-electron chi connectivity index (χ3n) is 7.48. The van der Waals surface area contributed by atoms with E-state index in [4.69, 9.17) is 10.00 Å². The smallest absolute Gasteiger partial charge is 0.326 e. The van der Waals surface area contributed by atoms with Gasteiger partial charge in [-0.25, -0.2) is 23.4 Å². The van der Waals surface area contributed by atoms with Gasteiger partial charge in [-0.2, -0.15) is 10.4 Å². The normalized spacial score (nSPS) is 13.0. The van der Waals surface area contributed by atoms with E-state index in [0.29, 0.717) is 27.9 Å². The number of ether oxygens (including phenoxy) is 1. The highest BCUT2D eigenvalue weighted by atomic mass is 32.1. The molecule has 46 heavy (non-hydrogen) atoms. The molecule has 2 heterocycles. The first kappa shape index (κ1) is 32.1. The van der Waals surface area contributed by atoms with Gasteiger partial charge in [0.15, 0.2) is 0 Å². The summed E-state index contributed by atoms with van der Waals surface area (Å²) in [6, 6.07) is 19.1. The lowest BCUT2D eigenvalue weighted by Gasteiger charge is -2.40. The Bertz CT molecular complexity index is 1880. The van der Waals surface area contributed by atoms with Crippen molar-refractivity contribution in [3.63, 3.8) is 0 Å². The minimum atomic E-state index is -2.23. The molecule has 0 radical (unpaired) electrons. The number of thiazole rings is 1. The molecule has 0 fully saturated rings. The number of halogens is 2. The van der Waals surface area contributed by atoms with Crippen molar-refractivity contribution in [1.82, 2.24) is 24.6 Å². The van der Waals surface area contributed by atoms with Gasteiger partial charge in [0.25, 0.3) is 5.91 Å². The maximum absolute atomic E-state index is 15.3. The number of aliphatic hydroxyl groups is 1. The van der Waals surface area contributed by atoms with Crippen molar-refractivity contribution >= 4 is 23.2 Å². The Kier molecular flexibility index (Phi) is 9.60. The molecular formula is C33H28F2N6O4S. The van der Waals surface area contributed by atoms with Crippen molar-refractivity contribution in [2.45, 2.75) is 38.6 Å². The molecule has 2 unspecified atom stereocenters. The minimum absolute atomic E-state index is 0.0612. The van der Waals surface area contributed by atoms with Crippen LogP contribution in [0.2, 0.25) is 0 Å². The lowest BCUT2D eigenvalue weighted by molar-refractivity contribution is -0.147. The molecule has 0 bridgehead atoms. The van der Waals surface area contributed by atoms with Crippen molar-refractivity contribution in [1.29, 1.82) is 5.26 Å². The van der Waals surface area contributed by atoms with Crippen LogP contribution < -0.4 is 0 Å². The number of carbonyl (C=O) groups is 2. The summed E-state index contributed by atoms with van der Waals surface area (Å²) < 4.78 is 36.0. The maximum Gasteiger partial charge on any atom is 0.326 e. The molecule has 1 amide bonds. The predicted molar refractivity (Wildman–Crippen MR) is 164 cm³/mol. The molecule has 0 spiro atoms. The molecule has 10 nitrogen and oxygen atoms in total. The van der Waals surface area contributed by atoms with E-state index in [9.17, 15) is 19.1 Å². The highest BCUT2D eigenvalue weighted by Crippen LogP contribution is 2.35. The summed E-state index contributed by atoms with van der Waals surface area (Å²) in [7, 11) is 0. The predicted octanol–water partition coefficient (Wildman–Crippen LogP) is 5.02. The molecule has 0 aliphatic heterocycles. The number of aryl methyl sites for hydroxylation is 1. The van der Waals surface area contributed by atoms with Crippen molar-refractivity contribution in [2.75, 3.05) is 6.54 Å². The first-order valence-corrected chi connectivity index (χ1v) is 14.9. The lowest BCUT2D eigenvalue weighted by Crippen LogP contribution is -2.55. The third-order valence-corrected chi connectivity index (χ3v) is 8.68. The van der Waals surface area contributed by atoms with Crippen molar-refractivity contribution in [3.8, 4) is 16.6 Å². The van der Waals surface area contributed by atoms with Crippen LogP contribution in [0.3, 0.4) is 0 Å². The summed E-state index contributed by atoms with van der Waals surface area (Å²) >= 11 is 1.06. The second-order valence-electron chi connectivity index (χ2n) is 10.5. The van der Waals surface area contributed by atoms with Gasteiger partial charge in [-0.1, -0.05) is 48.5 Å². The monoisotopic (exact) mass is 642 g/mol. The fourth-order valence-electron chi connectivity index (χ4n) is 4.95. The molecule has 13 heteroatoms. The summed E-state index contributed by atoms with van der Waals surface area (Å²) in [6.07, 6.45) is 2.53. The fourth-order valence-corrected chi connectivity index (χ4v) is 5.97. The molecule has 1 N–H and O–H groups in total. The van der Waals surface area contributed by atoms with E-state index in [1.807, 2.05) is 6.07 Å². The van der Waals surface area contributed by atoms with Crippen LogP contribution in [-0.2, 0) is 28.3 Å². The third kappa shape index (κ3) is 6.98. The molecular weight excluding hydrogens is 614 g/mol. The van der Waals surface area contributed by atoms with Crippen molar-refractivity contribution < 1.29 is 28.2 Å². The molecule has 0 saturated heterocycles. The largest absolute Gasteiger partial charge is 0.459 e. The van der Waals surface area contributed by atoms with Gasteiger partial charge in [0.1, 0.15) is 52.9 Å². The zero-order chi connectivity index (χ0) is 32.8. The summed E-state index contributed by atoms with van der Waals surface area (Å²) in [6.45, 7) is 2.03. The van der Waals surface area contributed by atoms with Crippen LogP contribution in [0.15, 0.2) is 85.5 Å². The number of rotatable bonds is 11. The SMILES string of the molecule is Cc1nc(-c2ccc(C#N)cc2)sc1C(=O)N(CC(=O)OCc1ccccc1)C(C)C(O)(Cn1cncn1)c1ccc(F)cc1F. The second kappa shape index (κ2) is 13.8. The van der Waals surface area contributed by atoms with E-state index < -0.39 is 48.2 Å². The number of amides is 1. The number of hydrogen-bond donors (Lipinski definition) is 1. The second-order valence-corrected chi connectivity index (χ2v) is 11.5. The first-order chi connectivity index (χ1) is 22.1. The van der Waals surface area contributed by atoms with Crippen LogP contribution in [0.1, 0.15) is 39.0 Å². The summed E-state index contributed by atoms with van der Waals surface area (Å²) in [5.41, 5.74) is -0.326. The maximum atomic E-state index is 15.3. The van der Waals surface area contributed by atoms with Gasteiger partial charge in [0.05, 0.1) is 29.9 Å². The summed E-state index contributed by atoms with van der Waals surface area (Å²) in [5, 5.41) is 25.9. The van der Waals surface area contributed by atoms with Gasteiger partial charge in [0, 0.05) is 17.2 Å². The Morgan fingerprint density at radius 3 is 2.52 bits per heavy atom. The zero-order valence-electron chi connectivity index (χ0n) is 24.8. The number of esters is 1. The Morgan fingerprint density at radius 1 is 1.13 bits per heavy atom. The Morgan fingerprint density at radius 2 is 1.87 bits per heavy atom. The van der Waals surface area contributed by atoms with E-state index in [2.05, 4.69) is 21.1 Å². The van der Waals surface area contributed by atoms with E-state index in [1.165, 1.54) is 24.3 Å². The molecule has 5 rings (SSSR count). The summed E-state index contributed by atoms with van der Waals surface area (Å²) in [4.78, 5) is 37.3. The van der Waals surface area contributed by atoms with E-state index in [-0.39, 0.29) is 17.0 Å². The molecule has 234 valence electrons. The van der Waals surface area contributed by atoms with E-state index >= 15 is 4.39 Å². The van der Waals surface area contributed by atoms with E-state index in [0.717, 1.165) is 33.9 Å². The molecule has 0 saturated carbocycles. The zero-order valence-corrected chi connectivity index (χ0v) is 25.6. The Balaban J connectivity index is 1.54. The number of carbonyl (C=O) groups excluding carboxylic acids is 2. The number of nitrogens with zero attached hydrogens (tertiary/aromatic N) is 6. The van der Waals surface area contributed by atoms with Gasteiger partial charge in [-0.15, -0.1) is 11.3 Å². The minimum Gasteiger partial charge on any atom is -0.459 e. The van der Waals surface area contributed by atoms with Gasteiger partial charge in [0.2, 0.25) is 0 Å². The van der Waals surface area contributed by atoms with Gasteiger partial charge in [-0.05, 0) is 37.6 Å². The fraction of sp³-hybridized carbons (Fsp3) is 0.212. The molecule has 2 aromatic heterocycles. The number of hydrogen-bond acceptors (Lipinski definition) is 9. The van der Waals surface area contributed by atoms with Crippen molar-refractivity contribution in [2.24, 2.45) is 0 Å².